The summed E-state index contributed by atoms with van der Waals surface area (Å²) >= 11 is 0. The fourth-order valence-corrected chi connectivity index (χ4v) is 4.56. The Morgan fingerprint density at radius 1 is 1.00 bits per heavy atom. The van der Waals surface area contributed by atoms with Crippen molar-refractivity contribution in [1.29, 1.82) is 0 Å². The molecular weight excluding hydrogens is 356 g/mol. The van der Waals surface area contributed by atoms with Crippen LogP contribution >= 0.6 is 0 Å². The van der Waals surface area contributed by atoms with Gasteiger partial charge in [0, 0.05) is 34.5 Å². The summed E-state index contributed by atoms with van der Waals surface area (Å²) < 4.78 is 0. The van der Waals surface area contributed by atoms with Crippen molar-refractivity contribution in [2.24, 2.45) is 0 Å². The maximum atomic E-state index is 13.1. The van der Waals surface area contributed by atoms with Crippen LogP contribution in [-0.2, 0) is 9.59 Å². The summed E-state index contributed by atoms with van der Waals surface area (Å²) in [5.41, 5.74) is 2.39. The summed E-state index contributed by atoms with van der Waals surface area (Å²) in [5.74, 6) is -0.853. The largest absolute Gasteiger partial charge is 0.382 e. The molecule has 2 saturated heterocycles. The number of carbonyl (C=O) groups excluding carboxylic acids is 3. The zero-order valence-electron chi connectivity index (χ0n) is 15.5. The van der Waals surface area contributed by atoms with Crippen LogP contribution in [0.3, 0.4) is 0 Å². The summed E-state index contributed by atoms with van der Waals surface area (Å²) in [7, 11) is 0. The van der Waals surface area contributed by atoms with Gasteiger partial charge >= 0.3 is 0 Å². The molecule has 2 fully saturated rings. The number of benzene rings is 2. The first-order chi connectivity index (χ1) is 13.6. The molecule has 0 bridgehead atoms. The Balaban J connectivity index is 1.55. The van der Waals surface area contributed by atoms with Gasteiger partial charge in [0.05, 0.1) is 5.69 Å². The van der Waals surface area contributed by atoms with Gasteiger partial charge in [0.1, 0.15) is 6.04 Å². The first-order valence-electron chi connectivity index (χ1n) is 9.84. The van der Waals surface area contributed by atoms with Crippen molar-refractivity contribution in [3.8, 4) is 0 Å². The molecule has 7 nitrogen and oxygen atoms in total. The van der Waals surface area contributed by atoms with Gasteiger partial charge < -0.3 is 10.6 Å². The average molecular weight is 378 g/mol. The molecule has 0 aromatic heterocycles. The Morgan fingerprint density at radius 3 is 2.61 bits per heavy atom. The van der Waals surface area contributed by atoms with Crippen LogP contribution in [0.5, 0.6) is 0 Å². The standard InChI is InChI=1S/C21H22N4O3/c26-18-7-6-17(20(27)24-18)25-16-5-4-15(23-12-8-10-22-11-9-12)13-2-1-3-14(19(13)16)21(25)28/h1-5,12,17,22-23H,6-11H2,(H,24,26,27). The number of imide groups is 1. The highest BCUT2D eigenvalue weighted by atomic mass is 16.2. The lowest BCUT2D eigenvalue weighted by Gasteiger charge is -2.30. The first-order valence-corrected chi connectivity index (χ1v) is 9.84. The monoisotopic (exact) mass is 378 g/mol. The van der Waals surface area contributed by atoms with Crippen molar-refractivity contribution >= 4 is 39.9 Å². The molecule has 0 aliphatic carbocycles. The van der Waals surface area contributed by atoms with Crippen LogP contribution in [0.2, 0.25) is 0 Å². The van der Waals surface area contributed by atoms with Crippen LogP contribution in [0.4, 0.5) is 11.4 Å². The van der Waals surface area contributed by atoms with Crippen molar-refractivity contribution < 1.29 is 14.4 Å². The molecule has 3 aliphatic heterocycles. The van der Waals surface area contributed by atoms with E-state index in [1.54, 1.807) is 4.90 Å². The molecule has 1 unspecified atom stereocenters. The summed E-state index contributed by atoms with van der Waals surface area (Å²) in [6.45, 7) is 2.00. The molecule has 3 N–H and O–H groups in total. The van der Waals surface area contributed by atoms with Gasteiger partial charge in [-0.05, 0) is 50.6 Å². The number of rotatable bonds is 3. The molecule has 28 heavy (non-hydrogen) atoms. The number of nitrogens with one attached hydrogen (secondary N) is 3. The quantitative estimate of drug-likeness (QED) is 0.708. The maximum absolute atomic E-state index is 13.1. The van der Waals surface area contributed by atoms with Crippen molar-refractivity contribution in [1.82, 2.24) is 10.6 Å². The average Bonchev–Trinajstić information content (AvgIpc) is 2.98. The summed E-state index contributed by atoms with van der Waals surface area (Å²) in [5, 5.41) is 11.2. The van der Waals surface area contributed by atoms with E-state index in [0.717, 1.165) is 48.1 Å². The molecule has 5 rings (SSSR count). The van der Waals surface area contributed by atoms with Crippen LogP contribution in [0, 0.1) is 0 Å². The smallest absolute Gasteiger partial charge is 0.259 e. The second-order valence-electron chi connectivity index (χ2n) is 7.67. The summed E-state index contributed by atoms with van der Waals surface area (Å²) in [6, 6.07) is 9.40. The Kier molecular flexibility index (Phi) is 4.05. The molecule has 1 atom stereocenters. The molecular formula is C21H22N4O3. The lowest BCUT2D eigenvalue weighted by molar-refractivity contribution is -0.134. The van der Waals surface area contributed by atoms with E-state index in [1.807, 2.05) is 30.3 Å². The van der Waals surface area contributed by atoms with E-state index in [0.29, 0.717) is 18.0 Å². The van der Waals surface area contributed by atoms with Gasteiger partial charge in [0.15, 0.2) is 0 Å². The first kappa shape index (κ1) is 17.2. The molecule has 7 heteroatoms. The normalized spacial score (nSPS) is 22.6. The molecule has 0 radical (unpaired) electrons. The van der Waals surface area contributed by atoms with Crippen LogP contribution in [0.25, 0.3) is 10.8 Å². The Labute approximate surface area is 162 Å². The van der Waals surface area contributed by atoms with Crippen molar-refractivity contribution in [2.45, 2.75) is 37.8 Å². The van der Waals surface area contributed by atoms with Crippen LogP contribution in [0.1, 0.15) is 36.0 Å². The third-order valence-corrected chi connectivity index (χ3v) is 5.95. The highest BCUT2D eigenvalue weighted by Gasteiger charge is 2.40. The third-order valence-electron chi connectivity index (χ3n) is 5.95. The van der Waals surface area contributed by atoms with E-state index in [4.69, 9.17) is 0 Å². The number of piperidine rings is 2. The number of hydrogen-bond donors (Lipinski definition) is 3. The van der Waals surface area contributed by atoms with Gasteiger partial charge in [-0.3, -0.25) is 24.6 Å². The minimum atomic E-state index is -0.649. The summed E-state index contributed by atoms with van der Waals surface area (Å²) in [6.07, 6.45) is 2.71. The Bertz CT molecular complexity index is 997. The number of amides is 3. The predicted molar refractivity (Wildman–Crippen MR) is 106 cm³/mol. The second-order valence-corrected chi connectivity index (χ2v) is 7.67. The van der Waals surface area contributed by atoms with Gasteiger partial charge in [-0.2, -0.15) is 0 Å². The van der Waals surface area contributed by atoms with Gasteiger partial charge in [0.2, 0.25) is 11.8 Å². The third kappa shape index (κ3) is 2.65. The maximum Gasteiger partial charge on any atom is 0.259 e. The number of nitrogens with zero attached hydrogens (tertiary/aromatic N) is 1. The molecule has 3 aliphatic rings. The molecule has 0 spiro atoms. The van der Waals surface area contributed by atoms with E-state index >= 15 is 0 Å². The lowest BCUT2D eigenvalue weighted by Crippen LogP contribution is -2.53. The van der Waals surface area contributed by atoms with E-state index in [2.05, 4.69) is 16.0 Å². The fourth-order valence-electron chi connectivity index (χ4n) is 4.56. The predicted octanol–water partition coefficient (Wildman–Crippen LogP) is 1.77. The molecule has 3 heterocycles. The van der Waals surface area contributed by atoms with Gasteiger partial charge in [0.25, 0.3) is 5.91 Å². The van der Waals surface area contributed by atoms with Crippen molar-refractivity contribution in [3.63, 3.8) is 0 Å². The number of carbonyl (C=O) groups is 3. The minimum absolute atomic E-state index is 0.172. The van der Waals surface area contributed by atoms with Gasteiger partial charge in [-0.25, -0.2) is 0 Å². The molecule has 0 saturated carbocycles. The zero-order valence-corrected chi connectivity index (χ0v) is 15.5. The number of anilines is 2. The molecule has 144 valence electrons. The molecule has 2 aromatic carbocycles. The lowest BCUT2D eigenvalue weighted by atomic mass is 10.0. The van der Waals surface area contributed by atoms with Crippen LogP contribution in [0.15, 0.2) is 30.3 Å². The molecule has 3 amide bonds. The summed E-state index contributed by atoms with van der Waals surface area (Å²) in [4.78, 5) is 38.6. The fraction of sp³-hybridized carbons (Fsp3) is 0.381. The Morgan fingerprint density at radius 2 is 1.82 bits per heavy atom. The topological polar surface area (TPSA) is 90.5 Å². The van der Waals surface area contributed by atoms with E-state index in [9.17, 15) is 14.4 Å². The zero-order chi connectivity index (χ0) is 19.3. The van der Waals surface area contributed by atoms with Gasteiger partial charge in [-0.15, -0.1) is 0 Å². The van der Waals surface area contributed by atoms with E-state index in [1.165, 1.54) is 0 Å². The van der Waals surface area contributed by atoms with Crippen molar-refractivity contribution in [3.05, 3.63) is 35.9 Å². The van der Waals surface area contributed by atoms with Crippen molar-refractivity contribution in [2.75, 3.05) is 23.3 Å². The highest BCUT2D eigenvalue weighted by molar-refractivity contribution is 6.28. The Hall–Kier alpha value is -2.93. The number of hydrogen-bond acceptors (Lipinski definition) is 5. The van der Waals surface area contributed by atoms with Crippen LogP contribution < -0.4 is 20.9 Å². The minimum Gasteiger partial charge on any atom is -0.382 e. The van der Waals surface area contributed by atoms with Crippen LogP contribution in [-0.4, -0.2) is 42.9 Å². The van der Waals surface area contributed by atoms with E-state index < -0.39 is 11.9 Å². The van der Waals surface area contributed by atoms with Gasteiger partial charge in [-0.1, -0.05) is 12.1 Å². The highest BCUT2D eigenvalue weighted by Crippen LogP contribution is 2.42. The second kappa shape index (κ2) is 6.60. The van der Waals surface area contributed by atoms with E-state index in [-0.39, 0.29) is 18.2 Å². The SMILES string of the molecule is O=C1CCC(N2C(=O)c3cccc4c(NC5CCNCC5)ccc2c34)C(=O)N1. The molecule has 2 aromatic rings.